The lowest BCUT2D eigenvalue weighted by Gasteiger charge is -2.21. The highest BCUT2D eigenvalue weighted by Crippen LogP contribution is 2.44. The number of rotatable bonds is 10. The van der Waals surface area contributed by atoms with Gasteiger partial charge in [-0.15, -0.1) is 11.3 Å². The van der Waals surface area contributed by atoms with Crippen molar-refractivity contribution in [2.45, 2.75) is 24.4 Å². The Morgan fingerprint density at radius 2 is 1.66 bits per heavy atom. The van der Waals surface area contributed by atoms with Gasteiger partial charge >= 0.3 is 12.1 Å². The minimum atomic E-state index is -1.11. The maximum atomic E-state index is 13.0. The maximum absolute atomic E-state index is 13.0. The van der Waals surface area contributed by atoms with Gasteiger partial charge in [-0.3, -0.25) is 4.79 Å². The maximum Gasteiger partial charge on any atom is 0.408 e. The number of benzene rings is 2. The summed E-state index contributed by atoms with van der Waals surface area (Å²) in [5.41, 5.74) is 4.43. The highest BCUT2D eigenvalue weighted by molar-refractivity contribution is 7.98. The summed E-state index contributed by atoms with van der Waals surface area (Å²) < 4.78 is 5.59. The first-order chi connectivity index (χ1) is 17.0. The van der Waals surface area contributed by atoms with E-state index in [1.54, 1.807) is 17.5 Å². The molecule has 182 valence electrons. The van der Waals surface area contributed by atoms with Gasteiger partial charge in [-0.1, -0.05) is 54.6 Å². The lowest BCUT2D eigenvalue weighted by atomic mass is 9.98. The number of hydrogen-bond donors (Lipinski definition) is 3. The number of carboxylic acids is 1. The molecule has 0 saturated carbocycles. The smallest absolute Gasteiger partial charge is 0.408 e. The third-order valence-corrected chi connectivity index (χ3v) is 7.50. The number of hydrogen-bond acceptors (Lipinski definition) is 6. The van der Waals surface area contributed by atoms with Gasteiger partial charge in [-0.05, 0) is 52.1 Å². The average Bonchev–Trinajstić information content (AvgIpc) is 3.50. The zero-order valence-electron chi connectivity index (χ0n) is 19.1. The predicted molar refractivity (Wildman–Crippen MR) is 138 cm³/mol. The molecule has 3 aromatic rings. The van der Waals surface area contributed by atoms with Crippen LogP contribution in [0.15, 0.2) is 66.0 Å². The molecule has 0 fully saturated rings. The predicted octanol–water partition coefficient (Wildman–Crippen LogP) is 4.65. The number of thioether (sulfide) groups is 1. The zero-order chi connectivity index (χ0) is 24.8. The van der Waals surface area contributed by atoms with E-state index in [9.17, 15) is 19.5 Å². The highest BCUT2D eigenvalue weighted by Gasteiger charge is 2.31. The standard InChI is InChI=1S/C26H26N2O5S2/c1-34-14-12-21(25(30)31)27-24(29)23(22-11-6-13-35-22)28-26(32)33-15-20-18-9-4-2-7-16(18)17-8-3-5-10-19(17)20/h2-11,13,20-21,23H,12,14-15H2,1H3,(H,27,29)(H,28,32)(H,30,31)/t21-,23?/m0/s1. The molecular formula is C26H26N2O5S2. The lowest BCUT2D eigenvalue weighted by Crippen LogP contribution is -2.47. The number of carboxylic acid groups (broad SMARTS) is 1. The fourth-order valence-corrected chi connectivity index (χ4v) is 5.47. The SMILES string of the molecule is CSCC[C@H](NC(=O)C(NC(=O)OCC1c2ccccc2-c2ccccc21)c1cccs1)C(=O)O. The Balaban J connectivity index is 1.45. The fraction of sp³-hybridized carbons (Fsp3) is 0.269. The summed E-state index contributed by atoms with van der Waals surface area (Å²) >= 11 is 2.79. The van der Waals surface area contributed by atoms with Crippen LogP contribution in [0.5, 0.6) is 0 Å². The third kappa shape index (κ3) is 5.68. The molecule has 3 N–H and O–H groups in total. The van der Waals surface area contributed by atoms with Gasteiger partial charge in [0.25, 0.3) is 0 Å². The first-order valence-corrected chi connectivity index (χ1v) is 13.4. The van der Waals surface area contributed by atoms with E-state index >= 15 is 0 Å². The Hall–Kier alpha value is -3.30. The van der Waals surface area contributed by atoms with Gasteiger partial charge in [0.2, 0.25) is 5.91 Å². The number of ether oxygens (including phenoxy) is 1. The van der Waals surface area contributed by atoms with Crippen LogP contribution in [0.2, 0.25) is 0 Å². The number of thiophene rings is 1. The summed E-state index contributed by atoms with van der Waals surface area (Å²) in [4.78, 5) is 38.0. The van der Waals surface area contributed by atoms with Crippen LogP contribution in [0.3, 0.4) is 0 Å². The number of alkyl carbamates (subject to hydrolysis) is 1. The van der Waals surface area contributed by atoms with E-state index in [1.807, 2.05) is 42.7 Å². The zero-order valence-corrected chi connectivity index (χ0v) is 20.7. The quantitative estimate of drug-likeness (QED) is 0.367. The number of amides is 2. The molecular weight excluding hydrogens is 484 g/mol. The van der Waals surface area contributed by atoms with Crippen LogP contribution in [0.4, 0.5) is 4.79 Å². The van der Waals surface area contributed by atoms with Gasteiger partial charge in [0, 0.05) is 10.8 Å². The van der Waals surface area contributed by atoms with Gasteiger partial charge in [0.1, 0.15) is 18.7 Å². The summed E-state index contributed by atoms with van der Waals surface area (Å²) in [7, 11) is 0. The molecule has 0 spiro atoms. The van der Waals surface area contributed by atoms with Crippen LogP contribution in [-0.2, 0) is 14.3 Å². The molecule has 9 heteroatoms. The second kappa shape index (κ2) is 11.4. The molecule has 1 aliphatic carbocycles. The van der Waals surface area contributed by atoms with Crippen molar-refractivity contribution in [2.24, 2.45) is 0 Å². The fourth-order valence-electron chi connectivity index (χ4n) is 4.23. The topological polar surface area (TPSA) is 105 Å². The first kappa shape index (κ1) is 24.8. The molecule has 35 heavy (non-hydrogen) atoms. The van der Waals surface area contributed by atoms with Crippen molar-refractivity contribution >= 4 is 41.1 Å². The molecule has 1 aromatic heterocycles. The van der Waals surface area contributed by atoms with Crippen molar-refractivity contribution in [2.75, 3.05) is 18.6 Å². The van der Waals surface area contributed by atoms with Crippen molar-refractivity contribution in [1.82, 2.24) is 10.6 Å². The Labute approximate surface area is 211 Å². The molecule has 2 atom stereocenters. The molecule has 1 aliphatic rings. The van der Waals surface area contributed by atoms with Crippen LogP contribution >= 0.6 is 23.1 Å². The number of fused-ring (bicyclic) bond motifs is 3. The van der Waals surface area contributed by atoms with Crippen molar-refractivity contribution in [3.63, 3.8) is 0 Å². The van der Waals surface area contributed by atoms with Crippen LogP contribution in [-0.4, -0.2) is 47.7 Å². The monoisotopic (exact) mass is 510 g/mol. The summed E-state index contributed by atoms with van der Waals surface area (Å²) in [6.07, 6.45) is 1.41. The second-order valence-corrected chi connectivity index (χ2v) is 10.1. The summed E-state index contributed by atoms with van der Waals surface area (Å²) in [5.74, 6) is -1.22. The molecule has 0 saturated heterocycles. The van der Waals surface area contributed by atoms with Crippen LogP contribution in [0.1, 0.15) is 34.4 Å². The van der Waals surface area contributed by atoms with E-state index in [0.717, 1.165) is 22.3 Å². The van der Waals surface area contributed by atoms with E-state index in [2.05, 4.69) is 22.8 Å². The van der Waals surface area contributed by atoms with E-state index in [-0.39, 0.29) is 18.9 Å². The molecule has 0 aliphatic heterocycles. The van der Waals surface area contributed by atoms with Gasteiger partial charge in [-0.2, -0.15) is 11.8 Å². The average molecular weight is 511 g/mol. The molecule has 1 heterocycles. The molecule has 1 unspecified atom stereocenters. The molecule has 4 rings (SSSR count). The van der Waals surface area contributed by atoms with Crippen LogP contribution in [0, 0.1) is 0 Å². The normalized spacial score (nSPS) is 13.9. The van der Waals surface area contributed by atoms with Gasteiger partial charge in [0.15, 0.2) is 0 Å². The van der Waals surface area contributed by atoms with E-state index in [0.29, 0.717) is 10.6 Å². The largest absolute Gasteiger partial charge is 0.480 e. The van der Waals surface area contributed by atoms with E-state index in [1.165, 1.54) is 23.1 Å². The number of carbonyl (C=O) groups is 3. The second-order valence-electron chi connectivity index (χ2n) is 8.10. The molecule has 0 bridgehead atoms. The van der Waals surface area contributed by atoms with Gasteiger partial charge in [-0.25, -0.2) is 9.59 Å². The van der Waals surface area contributed by atoms with Crippen molar-refractivity contribution in [3.05, 3.63) is 82.0 Å². The molecule has 0 radical (unpaired) electrons. The van der Waals surface area contributed by atoms with E-state index in [4.69, 9.17) is 4.74 Å². The Kier molecular flexibility index (Phi) is 8.09. The molecule has 2 aromatic carbocycles. The Morgan fingerprint density at radius 1 is 1.00 bits per heavy atom. The van der Waals surface area contributed by atoms with Crippen LogP contribution < -0.4 is 10.6 Å². The molecule has 2 amide bonds. The Bertz CT molecular complexity index is 1150. The number of carbonyl (C=O) groups excluding carboxylic acids is 2. The lowest BCUT2D eigenvalue weighted by molar-refractivity contribution is -0.142. The summed E-state index contributed by atoms with van der Waals surface area (Å²) in [6, 6.07) is 17.5. The first-order valence-electron chi connectivity index (χ1n) is 11.2. The summed E-state index contributed by atoms with van der Waals surface area (Å²) in [6.45, 7) is 0.115. The highest BCUT2D eigenvalue weighted by atomic mass is 32.2. The number of aliphatic carboxylic acids is 1. The van der Waals surface area contributed by atoms with Gasteiger partial charge in [0.05, 0.1) is 0 Å². The van der Waals surface area contributed by atoms with Crippen LogP contribution in [0.25, 0.3) is 11.1 Å². The summed E-state index contributed by atoms with van der Waals surface area (Å²) in [5, 5.41) is 16.4. The van der Waals surface area contributed by atoms with Crippen molar-refractivity contribution < 1.29 is 24.2 Å². The minimum Gasteiger partial charge on any atom is -0.480 e. The van der Waals surface area contributed by atoms with E-state index < -0.39 is 30.1 Å². The molecule has 7 nitrogen and oxygen atoms in total. The van der Waals surface area contributed by atoms with Crippen molar-refractivity contribution in [3.8, 4) is 11.1 Å². The number of nitrogens with one attached hydrogen (secondary N) is 2. The van der Waals surface area contributed by atoms with Crippen molar-refractivity contribution in [1.29, 1.82) is 0 Å². The minimum absolute atomic E-state index is 0.106. The third-order valence-electron chi connectivity index (χ3n) is 5.92. The Morgan fingerprint density at radius 3 is 2.23 bits per heavy atom. The van der Waals surface area contributed by atoms with Gasteiger partial charge < -0.3 is 20.5 Å².